The van der Waals surface area contributed by atoms with Gasteiger partial charge in [-0.3, -0.25) is 4.79 Å². The highest BCUT2D eigenvalue weighted by molar-refractivity contribution is 7.12. The number of anilines is 1. The number of thiophene rings is 1. The van der Waals surface area contributed by atoms with Crippen LogP contribution in [0.15, 0.2) is 30.3 Å². The van der Waals surface area contributed by atoms with E-state index in [-0.39, 0.29) is 5.97 Å². The maximum absolute atomic E-state index is 11.2. The number of methoxy groups -OCH3 is 1. The fourth-order valence-corrected chi connectivity index (χ4v) is 3.00. The van der Waals surface area contributed by atoms with Gasteiger partial charge in [0, 0.05) is 27.0 Å². The minimum Gasteiger partial charge on any atom is -0.469 e. The molecule has 1 heterocycles. The normalized spacial score (nSPS) is 10.3. The van der Waals surface area contributed by atoms with E-state index in [0.717, 1.165) is 27.7 Å². The van der Waals surface area contributed by atoms with Crippen molar-refractivity contribution in [3.63, 3.8) is 0 Å². The molecule has 0 radical (unpaired) electrons. The van der Waals surface area contributed by atoms with E-state index in [1.807, 2.05) is 37.3 Å². The van der Waals surface area contributed by atoms with Crippen LogP contribution in [0.5, 0.6) is 0 Å². The van der Waals surface area contributed by atoms with E-state index in [4.69, 9.17) is 11.6 Å². The van der Waals surface area contributed by atoms with Crippen LogP contribution in [0.4, 0.5) is 5.69 Å². The molecular weight excluding hydrogens is 294 g/mol. The first-order chi connectivity index (χ1) is 9.58. The van der Waals surface area contributed by atoms with Crippen LogP contribution in [-0.4, -0.2) is 13.1 Å². The minimum absolute atomic E-state index is 0.208. The van der Waals surface area contributed by atoms with E-state index in [1.165, 1.54) is 12.0 Å². The first-order valence-electron chi connectivity index (χ1n) is 6.23. The molecule has 0 aliphatic carbocycles. The van der Waals surface area contributed by atoms with Crippen molar-refractivity contribution in [1.82, 2.24) is 0 Å². The van der Waals surface area contributed by atoms with Gasteiger partial charge in [0.05, 0.1) is 13.5 Å². The Bertz CT molecular complexity index is 610. The van der Waals surface area contributed by atoms with Gasteiger partial charge in [0.25, 0.3) is 0 Å². The highest BCUT2D eigenvalue weighted by Crippen LogP contribution is 2.22. The molecule has 0 bridgehead atoms. The van der Waals surface area contributed by atoms with Crippen LogP contribution in [0.25, 0.3) is 0 Å². The van der Waals surface area contributed by atoms with Gasteiger partial charge in [-0.15, -0.1) is 11.3 Å². The summed E-state index contributed by atoms with van der Waals surface area (Å²) in [6.07, 6.45) is 0.334. The Balaban J connectivity index is 1.95. The minimum atomic E-state index is -0.208. The number of ether oxygens (including phenoxy) is 1. The number of carbonyl (C=O) groups is 1. The van der Waals surface area contributed by atoms with Crippen LogP contribution in [0, 0.1) is 6.92 Å². The van der Waals surface area contributed by atoms with E-state index >= 15 is 0 Å². The summed E-state index contributed by atoms with van der Waals surface area (Å²) in [7, 11) is 1.40. The second-order valence-electron chi connectivity index (χ2n) is 4.43. The maximum Gasteiger partial charge on any atom is 0.310 e. The predicted octanol–water partition coefficient (Wildman–Crippen LogP) is 4.04. The summed E-state index contributed by atoms with van der Waals surface area (Å²) in [5.74, 6) is -0.208. The Kier molecular flexibility index (Phi) is 5.04. The molecule has 5 heteroatoms. The summed E-state index contributed by atoms with van der Waals surface area (Å²) >= 11 is 7.55. The predicted molar refractivity (Wildman–Crippen MR) is 83.6 cm³/mol. The number of halogens is 1. The molecule has 0 saturated heterocycles. The van der Waals surface area contributed by atoms with Crippen molar-refractivity contribution < 1.29 is 9.53 Å². The largest absolute Gasteiger partial charge is 0.469 e. The van der Waals surface area contributed by atoms with Crippen LogP contribution in [0.1, 0.15) is 15.3 Å². The third-order valence-corrected chi connectivity index (χ3v) is 4.23. The first kappa shape index (κ1) is 14.9. The number of hydrogen-bond acceptors (Lipinski definition) is 4. The zero-order valence-corrected chi connectivity index (χ0v) is 13.0. The van der Waals surface area contributed by atoms with Gasteiger partial charge in [0.2, 0.25) is 0 Å². The Hall–Kier alpha value is -1.52. The van der Waals surface area contributed by atoms with Crippen LogP contribution in [-0.2, 0) is 22.5 Å². The van der Waals surface area contributed by atoms with Gasteiger partial charge in [-0.05, 0) is 42.8 Å². The third-order valence-electron chi connectivity index (χ3n) is 2.91. The number of esters is 1. The average molecular weight is 310 g/mol. The molecular formula is C15H16ClNO2S. The Morgan fingerprint density at radius 3 is 2.75 bits per heavy atom. The van der Waals surface area contributed by atoms with Crippen molar-refractivity contribution in [2.24, 2.45) is 0 Å². The quantitative estimate of drug-likeness (QED) is 0.847. The highest BCUT2D eigenvalue weighted by atomic mass is 35.5. The Labute approximate surface area is 127 Å². The molecule has 106 valence electrons. The molecule has 0 aliphatic rings. The van der Waals surface area contributed by atoms with E-state index in [0.29, 0.717) is 6.42 Å². The number of aryl methyl sites for hydroxylation is 1. The molecule has 1 N–H and O–H groups in total. The summed E-state index contributed by atoms with van der Waals surface area (Å²) in [6, 6.07) is 9.77. The van der Waals surface area contributed by atoms with Crippen molar-refractivity contribution >= 4 is 34.6 Å². The lowest BCUT2D eigenvalue weighted by molar-refractivity contribution is -0.139. The first-order valence-corrected chi connectivity index (χ1v) is 7.42. The monoisotopic (exact) mass is 309 g/mol. The van der Waals surface area contributed by atoms with Gasteiger partial charge in [0.15, 0.2) is 0 Å². The fraction of sp³-hybridized carbons (Fsp3) is 0.267. The van der Waals surface area contributed by atoms with Crippen LogP contribution in [0.3, 0.4) is 0 Å². The molecule has 1 aromatic carbocycles. The number of nitrogens with one attached hydrogen (secondary N) is 1. The summed E-state index contributed by atoms with van der Waals surface area (Å²) in [5.41, 5.74) is 2.18. The Morgan fingerprint density at radius 2 is 2.05 bits per heavy atom. The average Bonchev–Trinajstić information content (AvgIpc) is 2.85. The van der Waals surface area contributed by atoms with Crippen molar-refractivity contribution in [3.05, 3.63) is 50.7 Å². The van der Waals surface area contributed by atoms with Crippen molar-refractivity contribution in [1.29, 1.82) is 0 Å². The number of benzene rings is 1. The second-order valence-corrected chi connectivity index (χ2v) is 6.12. The van der Waals surface area contributed by atoms with Gasteiger partial charge >= 0.3 is 5.97 Å². The zero-order valence-electron chi connectivity index (χ0n) is 11.4. The molecule has 0 aliphatic heterocycles. The van der Waals surface area contributed by atoms with Crippen LogP contribution >= 0.6 is 22.9 Å². The lowest BCUT2D eigenvalue weighted by atomic mass is 10.2. The summed E-state index contributed by atoms with van der Waals surface area (Å²) in [6.45, 7) is 2.75. The molecule has 3 nitrogen and oxygen atoms in total. The number of rotatable bonds is 5. The molecule has 20 heavy (non-hydrogen) atoms. The summed E-state index contributed by atoms with van der Waals surface area (Å²) < 4.78 is 4.66. The number of carbonyl (C=O) groups excluding carboxylic acids is 1. The van der Waals surface area contributed by atoms with Gasteiger partial charge in [-0.1, -0.05) is 11.6 Å². The molecule has 0 fully saturated rings. The molecule has 0 saturated carbocycles. The lowest BCUT2D eigenvalue weighted by Gasteiger charge is -2.08. The maximum atomic E-state index is 11.2. The van der Waals surface area contributed by atoms with Gasteiger partial charge in [0.1, 0.15) is 0 Å². The molecule has 0 atom stereocenters. The van der Waals surface area contributed by atoms with Crippen molar-refractivity contribution in [2.45, 2.75) is 19.9 Å². The molecule has 2 aromatic rings. The topological polar surface area (TPSA) is 38.3 Å². The molecule has 2 rings (SSSR count). The van der Waals surface area contributed by atoms with Crippen molar-refractivity contribution in [2.75, 3.05) is 12.4 Å². The fourth-order valence-electron chi connectivity index (χ4n) is 1.83. The lowest BCUT2D eigenvalue weighted by Crippen LogP contribution is -2.02. The van der Waals surface area contributed by atoms with Crippen LogP contribution < -0.4 is 5.32 Å². The number of hydrogen-bond donors (Lipinski definition) is 1. The molecule has 0 spiro atoms. The molecule has 0 unspecified atom stereocenters. The zero-order chi connectivity index (χ0) is 14.5. The standard InChI is InChI=1S/C15H16ClNO2S/c1-10-7-11(16)3-6-14(10)17-9-13-5-4-12(20-13)8-15(18)19-2/h3-7,17H,8-9H2,1-2H3. The van der Waals surface area contributed by atoms with E-state index in [9.17, 15) is 4.79 Å². The third kappa shape index (κ3) is 3.99. The van der Waals surface area contributed by atoms with Crippen LogP contribution in [0.2, 0.25) is 5.02 Å². The van der Waals surface area contributed by atoms with Gasteiger partial charge in [-0.25, -0.2) is 0 Å². The van der Waals surface area contributed by atoms with E-state index in [1.54, 1.807) is 11.3 Å². The van der Waals surface area contributed by atoms with Gasteiger partial charge in [-0.2, -0.15) is 0 Å². The summed E-state index contributed by atoms with van der Waals surface area (Å²) in [4.78, 5) is 13.4. The van der Waals surface area contributed by atoms with Gasteiger partial charge < -0.3 is 10.1 Å². The Morgan fingerprint density at radius 1 is 1.30 bits per heavy atom. The molecule has 1 aromatic heterocycles. The second kappa shape index (κ2) is 6.77. The smallest absolute Gasteiger partial charge is 0.310 e. The highest BCUT2D eigenvalue weighted by Gasteiger charge is 2.06. The molecule has 0 amide bonds. The van der Waals surface area contributed by atoms with Crippen molar-refractivity contribution in [3.8, 4) is 0 Å². The van der Waals surface area contributed by atoms with E-state index < -0.39 is 0 Å². The summed E-state index contributed by atoms with van der Waals surface area (Å²) in [5, 5.41) is 4.11. The van der Waals surface area contributed by atoms with E-state index in [2.05, 4.69) is 10.1 Å². The SMILES string of the molecule is COC(=O)Cc1ccc(CNc2ccc(Cl)cc2C)s1.